The highest BCUT2D eigenvalue weighted by Crippen LogP contribution is 2.38. The second kappa shape index (κ2) is 19.4. The predicted molar refractivity (Wildman–Crippen MR) is 164 cm³/mol. The van der Waals surface area contributed by atoms with Crippen LogP contribution in [-0.2, 0) is 42.8 Å². The summed E-state index contributed by atoms with van der Waals surface area (Å²) >= 11 is 0. The number of carbonyl (C=O) groups excluding carboxylic acids is 2. The van der Waals surface area contributed by atoms with Crippen LogP contribution < -0.4 is 10.6 Å². The number of rotatable bonds is 17. The van der Waals surface area contributed by atoms with Gasteiger partial charge in [0.05, 0.1) is 32.0 Å². The maximum atomic E-state index is 12.8. The van der Waals surface area contributed by atoms with Gasteiger partial charge in [-0.25, -0.2) is 4.79 Å². The molecule has 52 heavy (non-hydrogen) atoms. The standard InChI is InChI=1S/C28H47N5O19/c1-10(37)31-16-12(39)6-28(27(45)46,51-23(16)18(41)13(40)7-34)52-24-20(43)15(9-36)49-26(21(24)44)50-22-17(32-11(2)38)25(47-5-3-4-30-33-29)48-14(8-35)19(22)42/h12-26,34-36,39-44H,3-9H2,1-2H3,(H,31,37)(H,32,38)(H,45,46)/t12-,13+,14+,15+,16+,17+,18+,19+,20-,21+,22+,23+,24-,25+,26-,28-/m0/s1. The molecule has 12 N–H and O–H groups in total. The average Bonchev–Trinajstić information content (AvgIpc) is 3.09. The van der Waals surface area contributed by atoms with E-state index in [1.165, 1.54) is 0 Å². The number of hydrogen-bond acceptors (Lipinski definition) is 19. The van der Waals surface area contributed by atoms with Gasteiger partial charge in [0, 0.05) is 38.3 Å². The minimum absolute atomic E-state index is 0.0303. The zero-order valence-corrected chi connectivity index (χ0v) is 28.1. The molecule has 3 aliphatic heterocycles. The molecule has 0 aromatic heterocycles. The quantitative estimate of drug-likeness (QED) is 0.0284. The Labute approximate surface area is 295 Å². The van der Waals surface area contributed by atoms with E-state index in [0.717, 1.165) is 13.8 Å². The van der Waals surface area contributed by atoms with Gasteiger partial charge < -0.3 is 90.1 Å². The van der Waals surface area contributed by atoms with E-state index < -0.39 is 142 Å². The number of carbonyl (C=O) groups is 3. The first-order chi connectivity index (χ1) is 24.5. The molecule has 0 aliphatic carbocycles. The second-order valence-electron chi connectivity index (χ2n) is 12.4. The molecule has 0 saturated carbocycles. The highest BCUT2D eigenvalue weighted by molar-refractivity contribution is 5.76. The van der Waals surface area contributed by atoms with Gasteiger partial charge in [0.1, 0.15) is 67.1 Å². The third-order valence-corrected chi connectivity index (χ3v) is 8.60. The third-order valence-electron chi connectivity index (χ3n) is 8.60. The number of aliphatic hydroxyl groups is 9. The lowest BCUT2D eigenvalue weighted by molar-refractivity contribution is -0.381. The first-order valence-corrected chi connectivity index (χ1v) is 16.2. The minimum Gasteiger partial charge on any atom is -0.477 e. The Hall–Kier alpha value is -2.88. The Bertz CT molecular complexity index is 1250. The number of carboxylic acids is 1. The fourth-order valence-corrected chi connectivity index (χ4v) is 6.07. The topological polar surface area (TPSA) is 382 Å². The normalized spacial score (nSPS) is 39.1. The molecule has 0 bridgehead atoms. The molecule has 0 radical (unpaired) electrons. The van der Waals surface area contributed by atoms with E-state index in [2.05, 4.69) is 20.7 Å². The summed E-state index contributed by atoms with van der Waals surface area (Å²) in [4.78, 5) is 39.5. The molecule has 24 heteroatoms. The van der Waals surface area contributed by atoms with Crippen LogP contribution in [0.2, 0.25) is 0 Å². The van der Waals surface area contributed by atoms with Crippen LogP contribution in [0.15, 0.2) is 5.11 Å². The Morgan fingerprint density at radius 2 is 1.50 bits per heavy atom. The number of amides is 2. The van der Waals surface area contributed by atoms with Gasteiger partial charge in [0.25, 0.3) is 5.79 Å². The lowest BCUT2D eigenvalue weighted by atomic mass is 9.88. The van der Waals surface area contributed by atoms with Crippen LogP contribution >= 0.6 is 0 Å². The molecule has 0 spiro atoms. The van der Waals surface area contributed by atoms with Gasteiger partial charge in [-0.1, -0.05) is 5.11 Å². The molecule has 0 aromatic rings. The Morgan fingerprint density at radius 3 is 2.04 bits per heavy atom. The van der Waals surface area contributed by atoms with Gasteiger partial charge >= 0.3 is 5.97 Å². The summed E-state index contributed by atoms with van der Waals surface area (Å²) in [6.07, 6.45) is -25.2. The number of ether oxygens (including phenoxy) is 6. The van der Waals surface area contributed by atoms with Crippen LogP contribution in [0.5, 0.6) is 0 Å². The van der Waals surface area contributed by atoms with E-state index in [-0.39, 0.29) is 19.6 Å². The summed E-state index contributed by atoms with van der Waals surface area (Å²) in [6.45, 7) is -0.783. The van der Waals surface area contributed by atoms with Gasteiger partial charge in [-0.05, 0) is 12.0 Å². The lowest BCUT2D eigenvalue weighted by Gasteiger charge is -2.51. The van der Waals surface area contributed by atoms with Crippen molar-refractivity contribution in [2.45, 2.75) is 124 Å². The third kappa shape index (κ3) is 10.2. The molecule has 3 aliphatic rings. The molecule has 3 fully saturated rings. The first-order valence-electron chi connectivity index (χ1n) is 16.2. The largest absolute Gasteiger partial charge is 0.477 e. The van der Waals surface area contributed by atoms with Crippen molar-refractivity contribution in [2.75, 3.05) is 33.0 Å². The van der Waals surface area contributed by atoms with Crippen molar-refractivity contribution < 1.29 is 93.9 Å². The van der Waals surface area contributed by atoms with E-state index in [0.29, 0.717) is 0 Å². The van der Waals surface area contributed by atoms with Gasteiger partial charge in [-0.15, -0.1) is 0 Å². The number of aliphatic hydroxyl groups excluding tert-OH is 9. The highest BCUT2D eigenvalue weighted by Gasteiger charge is 2.60. The predicted octanol–water partition coefficient (Wildman–Crippen LogP) is -6.35. The van der Waals surface area contributed by atoms with Crippen molar-refractivity contribution >= 4 is 17.8 Å². The van der Waals surface area contributed by atoms with E-state index in [1.54, 1.807) is 0 Å². The molecular formula is C28H47N5O19. The van der Waals surface area contributed by atoms with Gasteiger partial charge in [-0.3, -0.25) is 9.59 Å². The van der Waals surface area contributed by atoms with Gasteiger partial charge in [0.15, 0.2) is 12.6 Å². The molecular weight excluding hydrogens is 710 g/mol. The average molecular weight is 758 g/mol. The fourth-order valence-electron chi connectivity index (χ4n) is 6.07. The van der Waals surface area contributed by atoms with Crippen molar-refractivity contribution in [1.82, 2.24) is 10.6 Å². The van der Waals surface area contributed by atoms with E-state index in [4.69, 9.17) is 34.0 Å². The number of carboxylic acid groups (broad SMARTS) is 1. The van der Waals surface area contributed by atoms with Crippen molar-refractivity contribution in [3.05, 3.63) is 10.4 Å². The summed E-state index contributed by atoms with van der Waals surface area (Å²) in [7, 11) is 0. The van der Waals surface area contributed by atoms with Crippen LogP contribution in [0.1, 0.15) is 26.7 Å². The SMILES string of the molecule is CC(=O)N[C@H]1[C@H](OCCCN=[N+]=[N-])O[C@H](CO)[C@@H](O)[C@@H]1O[C@@H]1O[C@H](CO)[C@H](O)[C@H](O[C@]2(C(=O)O)C[C@H](O)[C@@H](NC(C)=O)[C@H]([C@H](O)[C@H](O)CO)O2)[C@H]1O. The van der Waals surface area contributed by atoms with E-state index in [9.17, 15) is 65.4 Å². The highest BCUT2D eigenvalue weighted by atomic mass is 16.8. The Morgan fingerprint density at radius 1 is 0.923 bits per heavy atom. The van der Waals surface area contributed by atoms with Gasteiger partial charge in [-0.2, -0.15) is 0 Å². The summed E-state index contributed by atoms with van der Waals surface area (Å²) in [6, 6.07) is -2.96. The maximum absolute atomic E-state index is 12.8. The second-order valence-corrected chi connectivity index (χ2v) is 12.4. The van der Waals surface area contributed by atoms with Crippen LogP contribution in [-0.4, -0.2) is 199 Å². The molecule has 0 aromatic carbocycles. The number of aliphatic carboxylic acids is 1. The Balaban J connectivity index is 1.97. The summed E-state index contributed by atoms with van der Waals surface area (Å²) in [5, 5.41) is 113. The zero-order valence-electron chi connectivity index (χ0n) is 28.1. The number of azide groups is 1. The molecule has 24 nitrogen and oxygen atoms in total. The van der Waals surface area contributed by atoms with Crippen molar-refractivity contribution in [2.24, 2.45) is 5.11 Å². The van der Waals surface area contributed by atoms with Gasteiger partial charge in [0.2, 0.25) is 11.8 Å². The molecule has 3 rings (SSSR count). The molecule has 0 unspecified atom stereocenters. The smallest absolute Gasteiger partial charge is 0.364 e. The fraction of sp³-hybridized carbons (Fsp3) is 0.893. The first kappa shape index (κ1) is 43.5. The lowest BCUT2D eigenvalue weighted by Crippen LogP contribution is -2.71. The van der Waals surface area contributed by atoms with E-state index >= 15 is 0 Å². The number of nitrogens with zero attached hydrogens (tertiary/aromatic N) is 3. The molecule has 298 valence electrons. The van der Waals surface area contributed by atoms with Crippen LogP contribution in [0, 0.1) is 0 Å². The molecule has 3 saturated heterocycles. The van der Waals surface area contributed by atoms with Crippen LogP contribution in [0.3, 0.4) is 0 Å². The number of hydrogen-bond donors (Lipinski definition) is 12. The van der Waals surface area contributed by atoms with Crippen molar-refractivity contribution in [3.63, 3.8) is 0 Å². The summed E-state index contributed by atoms with van der Waals surface area (Å²) in [5.41, 5.74) is 8.49. The molecule has 2 amide bonds. The minimum atomic E-state index is -3.06. The van der Waals surface area contributed by atoms with Crippen molar-refractivity contribution in [3.8, 4) is 0 Å². The monoisotopic (exact) mass is 757 g/mol. The number of nitrogens with one attached hydrogen (secondary N) is 2. The van der Waals surface area contributed by atoms with Crippen molar-refractivity contribution in [1.29, 1.82) is 0 Å². The van der Waals surface area contributed by atoms with Crippen LogP contribution in [0.4, 0.5) is 0 Å². The summed E-state index contributed by atoms with van der Waals surface area (Å²) < 4.78 is 34.0. The zero-order chi connectivity index (χ0) is 38.9. The van der Waals surface area contributed by atoms with E-state index in [1.807, 2.05) is 0 Å². The van der Waals surface area contributed by atoms with Crippen LogP contribution in [0.25, 0.3) is 10.4 Å². The Kier molecular flexibility index (Phi) is 16.3. The molecule has 3 heterocycles. The summed E-state index contributed by atoms with van der Waals surface area (Å²) in [5.74, 6) is -6.47. The molecule has 16 atom stereocenters. The maximum Gasteiger partial charge on any atom is 0.364 e.